The quantitative estimate of drug-likeness (QED) is 0.716. The maximum Gasteiger partial charge on any atom is 0.134 e. The Morgan fingerprint density at radius 1 is 1.42 bits per heavy atom. The number of nitrogens with zero attached hydrogens (tertiary/aromatic N) is 1. The van der Waals surface area contributed by atoms with Gasteiger partial charge >= 0.3 is 0 Å². The maximum atomic E-state index is 4.29. The summed E-state index contributed by atoms with van der Waals surface area (Å²) in [6.45, 7) is 2.10. The van der Waals surface area contributed by atoms with Gasteiger partial charge in [0.15, 0.2) is 0 Å². The van der Waals surface area contributed by atoms with Crippen LogP contribution in [-0.4, -0.2) is 4.98 Å². The van der Waals surface area contributed by atoms with E-state index in [1.165, 1.54) is 9.75 Å². The summed E-state index contributed by atoms with van der Waals surface area (Å²) in [5, 5.41) is 3.83. The molecular formula is C8H7NS3. The lowest BCUT2D eigenvalue weighted by molar-refractivity contribution is 1.22. The van der Waals surface area contributed by atoms with E-state index >= 15 is 0 Å². The van der Waals surface area contributed by atoms with Crippen LogP contribution in [0.25, 0.3) is 9.88 Å². The van der Waals surface area contributed by atoms with E-state index in [-0.39, 0.29) is 0 Å². The Bertz CT molecular complexity index is 350. The highest BCUT2D eigenvalue weighted by Crippen LogP contribution is 2.30. The molecule has 0 fully saturated rings. The third-order valence-corrected chi connectivity index (χ3v) is 3.86. The van der Waals surface area contributed by atoms with Gasteiger partial charge in [0, 0.05) is 10.3 Å². The van der Waals surface area contributed by atoms with Crippen LogP contribution in [0.2, 0.25) is 0 Å². The van der Waals surface area contributed by atoms with Crippen molar-refractivity contribution in [1.82, 2.24) is 4.98 Å². The van der Waals surface area contributed by atoms with Gasteiger partial charge in [-0.25, -0.2) is 4.98 Å². The van der Waals surface area contributed by atoms with Crippen LogP contribution in [-0.2, 0) is 0 Å². The Hall–Kier alpha value is -0.320. The number of rotatable bonds is 1. The van der Waals surface area contributed by atoms with E-state index in [0.29, 0.717) is 0 Å². The molecule has 0 aliphatic rings. The Kier molecular flexibility index (Phi) is 2.21. The predicted molar refractivity (Wildman–Crippen MR) is 57.4 cm³/mol. The summed E-state index contributed by atoms with van der Waals surface area (Å²) in [5.74, 6) is 0. The monoisotopic (exact) mass is 213 g/mol. The number of aryl methyl sites for hydroxylation is 1. The van der Waals surface area contributed by atoms with Crippen LogP contribution in [0.4, 0.5) is 0 Å². The lowest BCUT2D eigenvalue weighted by atomic mass is 10.4. The van der Waals surface area contributed by atoms with Crippen molar-refractivity contribution < 1.29 is 0 Å². The van der Waals surface area contributed by atoms with Gasteiger partial charge in [-0.3, -0.25) is 0 Å². The minimum Gasteiger partial charge on any atom is -0.229 e. The highest BCUT2D eigenvalue weighted by molar-refractivity contribution is 7.80. The van der Waals surface area contributed by atoms with Crippen LogP contribution >= 0.6 is 35.3 Å². The van der Waals surface area contributed by atoms with E-state index in [1.54, 1.807) is 22.7 Å². The van der Waals surface area contributed by atoms with Gasteiger partial charge in [-0.2, -0.15) is 0 Å². The SMILES string of the molecule is Cc1ccc(-c2nc(S)cs2)s1. The zero-order valence-corrected chi connectivity index (χ0v) is 8.97. The molecule has 0 atom stereocenters. The number of thiol groups is 1. The lowest BCUT2D eigenvalue weighted by Gasteiger charge is -1.85. The standard InChI is InChI=1S/C8H7NS3/c1-5-2-3-6(12-5)8-9-7(10)4-11-8/h2-4,10H,1H3. The molecule has 0 aliphatic heterocycles. The third kappa shape index (κ3) is 1.55. The maximum absolute atomic E-state index is 4.29. The van der Waals surface area contributed by atoms with E-state index in [0.717, 1.165) is 10.0 Å². The van der Waals surface area contributed by atoms with Crippen LogP contribution < -0.4 is 0 Å². The van der Waals surface area contributed by atoms with Gasteiger partial charge < -0.3 is 0 Å². The molecule has 0 aromatic carbocycles. The van der Waals surface area contributed by atoms with Crippen LogP contribution in [0, 0.1) is 6.92 Å². The molecule has 0 spiro atoms. The Morgan fingerprint density at radius 2 is 2.25 bits per heavy atom. The fourth-order valence-corrected chi connectivity index (χ4v) is 2.88. The van der Waals surface area contributed by atoms with Crippen molar-refractivity contribution >= 4 is 35.3 Å². The van der Waals surface area contributed by atoms with Gasteiger partial charge in [0.1, 0.15) is 10.0 Å². The normalized spacial score (nSPS) is 10.5. The molecule has 0 bridgehead atoms. The Morgan fingerprint density at radius 3 is 2.75 bits per heavy atom. The number of thiophene rings is 1. The summed E-state index contributed by atoms with van der Waals surface area (Å²) in [6, 6.07) is 4.21. The highest BCUT2D eigenvalue weighted by Gasteiger charge is 2.03. The fraction of sp³-hybridized carbons (Fsp3) is 0.125. The second-order valence-corrected chi connectivity index (χ2v) is 5.03. The second kappa shape index (κ2) is 3.20. The van der Waals surface area contributed by atoms with E-state index in [1.807, 2.05) is 5.38 Å². The van der Waals surface area contributed by atoms with Crippen molar-refractivity contribution in [3.8, 4) is 9.88 Å². The molecule has 2 rings (SSSR count). The minimum absolute atomic E-state index is 0.807. The van der Waals surface area contributed by atoms with Gasteiger partial charge in [-0.05, 0) is 19.1 Å². The average Bonchev–Trinajstić information content (AvgIpc) is 2.58. The second-order valence-electron chi connectivity index (χ2n) is 2.42. The predicted octanol–water partition coefficient (Wildman–Crippen LogP) is 3.47. The minimum atomic E-state index is 0.807. The summed E-state index contributed by atoms with van der Waals surface area (Å²) in [7, 11) is 0. The van der Waals surface area contributed by atoms with E-state index in [2.05, 4.69) is 36.7 Å². The van der Waals surface area contributed by atoms with E-state index < -0.39 is 0 Å². The van der Waals surface area contributed by atoms with Gasteiger partial charge in [0.25, 0.3) is 0 Å². The molecule has 4 heteroatoms. The number of aromatic nitrogens is 1. The lowest BCUT2D eigenvalue weighted by Crippen LogP contribution is -1.66. The molecule has 2 aromatic rings. The molecule has 2 heterocycles. The molecule has 0 aliphatic carbocycles. The van der Waals surface area contributed by atoms with Crippen LogP contribution in [0.3, 0.4) is 0 Å². The van der Waals surface area contributed by atoms with Gasteiger partial charge in [0.05, 0.1) is 4.88 Å². The molecule has 0 unspecified atom stereocenters. The zero-order chi connectivity index (χ0) is 8.55. The topological polar surface area (TPSA) is 12.9 Å². The molecule has 0 N–H and O–H groups in total. The van der Waals surface area contributed by atoms with Gasteiger partial charge in [-0.1, -0.05) is 0 Å². The number of hydrogen-bond donors (Lipinski definition) is 1. The fourth-order valence-electron chi connectivity index (χ4n) is 0.928. The molecule has 0 saturated heterocycles. The third-order valence-electron chi connectivity index (χ3n) is 1.44. The van der Waals surface area contributed by atoms with Gasteiger partial charge in [-0.15, -0.1) is 35.3 Å². The van der Waals surface area contributed by atoms with E-state index in [4.69, 9.17) is 0 Å². The summed E-state index contributed by atoms with van der Waals surface area (Å²) in [6.07, 6.45) is 0. The smallest absolute Gasteiger partial charge is 0.134 e. The van der Waals surface area contributed by atoms with E-state index in [9.17, 15) is 0 Å². The zero-order valence-electron chi connectivity index (χ0n) is 6.44. The van der Waals surface area contributed by atoms with Crippen LogP contribution in [0.15, 0.2) is 22.5 Å². The van der Waals surface area contributed by atoms with Gasteiger partial charge in [0.2, 0.25) is 0 Å². The van der Waals surface area contributed by atoms with Crippen molar-refractivity contribution in [3.05, 3.63) is 22.4 Å². The molecule has 0 radical (unpaired) electrons. The van der Waals surface area contributed by atoms with Crippen LogP contribution in [0.1, 0.15) is 4.88 Å². The molecule has 0 saturated carbocycles. The Balaban J connectivity index is 2.43. The number of hydrogen-bond acceptors (Lipinski definition) is 4. The Labute approximate surface area is 84.5 Å². The molecule has 62 valence electrons. The summed E-state index contributed by atoms with van der Waals surface area (Å²) in [5.41, 5.74) is 0. The van der Waals surface area contributed by atoms with Crippen LogP contribution in [0.5, 0.6) is 0 Å². The summed E-state index contributed by atoms with van der Waals surface area (Å²) < 4.78 is 0. The van der Waals surface area contributed by atoms with Crippen molar-refractivity contribution in [2.24, 2.45) is 0 Å². The van der Waals surface area contributed by atoms with Crippen molar-refractivity contribution in [1.29, 1.82) is 0 Å². The first-order chi connectivity index (χ1) is 5.75. The largest absolute Gasteiger partial charge is 0.229 e. The van der Waals surface area contributed by atoms with Crippen molar-refractivity contribution in [3.63, 3.8) is 0 Å². The molecule has 1 nitrogen and oxygen atoms in total. The van der Waals surface area contributed by atoms with Crippen molar-refractivity contribution in [2.45, 2.75) is 11.9 Å². The molecule has 12 heavy (non-hydrogen) atoms. The first-order valence-corrected chi connectivity index (χ1v) is 5.61. The number of thiazole rings is 1. The van der Waals surface area contributed by atoms with Crippen molar-refractivity contribution in [2.75, 3.05) is 0 Å². The summed E-state index contributed by atoms with van der Waals surface area (Å²) in [4.78, 5) is 6.84. The molecule has 0 amide bonds. The summed E-state index contributed by atoms with van der Waals surface area (Å²) >= 11 is 7.57. The average molecular weight is 213 g/mol. The molecule has 2 aromatic heterocycles. The first kappa shape index (κ1) is 8.29. The highest BCUT2D eigenvalue weighted by atomic mass is 32.1. The first-order valence-electron chi connectivity index (χ1n) is 3.47. The molecular weight excluding hydrogens is 206 g/mol.